The van der Waals surface area contributed by atoms with E-state index in [4.69, 9.17) is 27.9 Å². The Balaban J connectivity index is 1.65. The minimum absolute atomic E-state index is 0.154. The summed E-state index contributed by atoms with van der Waals surface area (Å²) in [6, 6.07) is 13.0. The molecule has 0 aliphatic rings. The lowest BCUT2D eigenvalue weighted by molar-refractivity contribution is -0.113. The number of carbonyl (C=O) groups is 1. The third-order valence-electron chi connectivity index (χ3n) is 4.82. The topological polar surface area (TPSA) is 69.0 Å². The maximum atomic E-state index is 12.4. The predicted molar refractivity (Wildman–Crippen MR) is 136 cm³/mol. The molecule has 1 amide bonds. The number of hydrogen-bond acceptors (Lipinski definition) is 5. The molecule has 6 nitrogen and oxygen atoms in total. The normalized spacial score (nSPS) is 11.9. The molecular formula is C24H26Cl2N4O2S. The van der Waals surface area contributed by atoms with Gasteiger partial charge in [-0.05, 0) is 48.7 Å². The number of carbonyl (C=O) groups excluding carboxylic acids is 1. The Hall–Kier alpha value is -2.48. The largest absolute Gasteiger partial charge is 0.483 e. The highest BCUT2D eigenvalue weighted by Gasteiger charge is 2.20. The Morgan fingerprint density at radius 1 is 1.15 bits per heavy atom. The van der Waals surface area contributed by atoms with Crippen molar-refractivity contribution >= 4 is 46.6 Å². The van der Waals surface area contributed by atoms with Crippen molar-refractivity contribution in [3.05, 3.63) is 76.6 Å². The molecule has 3 rings (SSSR count). The predicted octanol–water partition coefficient (Wildman–Crippen LogP) is 6.77. The van der Waals surface area contributed by atoms with E-state index in [2.05, 4.69) is 48.1 Å². The minimum Gasteiger partial charge on any atom is -0.483 e. The summed E-state index contributed by atoms with van der Waals surface area (Å²) < 4.78 is 7.99. The van der Waals surface area contributed by atoms with Crippen LogP contribution in [0.4, 0.5) is 5.69 Å². The van der Waals surface area contributed by atoms with E-state index in [1.165, 1.54) is 17.3 Å². The molecule has 0 saturated heterocycles. The van der Waals surface area contributed by atoms with Crippen molar-refractivity contribution in [2.75, 3.05) is 11.1 Å². The number of nitrogens with one attached hydrogen (secondary N) is 1. The van der Waals surface area contributed by atoms with Gasteiger partial charge in [-0.2, -0.15) is 0 Å². The van der Waals surface area contributed by atoms with Gasteiger partial charge in [0.05, 0.1) is 15.8 Å². The molecule has 0 aliphatic carbocycles. The highest BCUT2D eigenvalue weighted by molar-refractivity contribution is 7.99. The number of rotatable bonds is 10. The molecule has 1 heterocycles. The maximum Gasteiger partial charge on any atom is 0.234 e. The van der Waals surface area contributed by atoms with Crippen LogP contribution in [0.25, 0.3) is 0 Å². The van der Waals surface area contributed by atoms with E-state index in [9.17, 15) is 4.79 Å². The second-order valence-electron chi connectivity index (χ2n) is 7.69. The van der Waals surface area contributed by atoms with Gasteiger partial charge in [0.1, 0.15) is 5.75 Å². The van der Waals surface area contributed by atoms with E-state index < -0.39 is 0 Å². The highest BCUT2D eigenvalue weighted by Crippen LogP contribution is 2.27. The number of halogens is 2. The van der Waals surface area contributed by atoms with E-state index in [0.717, 1.165) is 5.75 Å². The third kappa shape index (κ3) is 6.76. The Kier molecular flexibility index (Phi) is 8.83. The van der Waals surface area contributed by atoms with E-state index in [1.54, 1.807) is 24.3 Å². The van der Waals surface area contributed by atoms with Gasteiger partial charge in [0.25, 0.3) is 0 Å². The van der Waals surface area contributed by atoms with Gasteiger partial charge in [-0.25, -0.2) is 0 Å². The van der Waals surface area contributed by atoms with Crippen LogP contribution in [0.5, 0.6) is 5.75 Å². The van der Waals surface area contributed by atoms with Gasteiger partial charge in [0.15, 0.2) is 17.1 Å². The lowest BCUT2D eigenvalue weighted by atomic mass is 10.0. The number of benzene rings is 2. The molecule has 1 N–H and O–H groups in total. The number of hydrogen-bond donors (Lipinski definition) is 1. The minimum atomic E-state index is -0.332. The number of thioether (sulfide) groups is 1. The van der Waals surface area contributed by atoms with Gasteiger partial charge in [-0.15, -0.1) is 16.8 Å². The molecule has 0 bridgehead atoms. The summed E-state index contributed by atoms with van der Waals surface area (Å²) in [5.74, 6) is 1.84. The molecule has 0 radical (unpaired) electrons. The van der Waals surface area contributed by atoms with Gasteiger partial charge in [0, 0.05) is 12.2 Å². The highest BCUT2D eigenvalue weighted by atomic mass is 35.5. The average Bonchev–Trinajstić information content (AvgIpc) is 3.18. The van der Waals surface area contributed by atoms with Crippen LogP contribution in [0, 0.1) is 0 Å². The van der Waals surface area contributed by atoms with E-state index in [0.29, 0.717) is 39.2 Å². The summed E-state index contributed by atoms with van der Waals surface area (Å²) in [6.45, 7) is 10.6. The second-order valence-corrected chi connectivity index (χ2v) is 9.45. The molecule has 9 heteroatoms. The molecule has 1 unspecified atom stereocenters. The Morgan fingerprint density at radius 2 is 1.88 bits per heavy atom. The van der Waals surface area contributed by atoms with Crippen LogP contribution in [0.1, 0.15) is 44.2 Å². The van der Waals surface area contributed by atoms with Crippen molar-refractivity contribution in [3.63, 3.8) is 0 Å². The fourth-order valence-electron chi connectivity index (χ4n) is 3.10. The quantitative estimate of drug-likeness (QED) is 0.243. The molecule has 1 atom stereocenters. The molecule has 174 valence electrons. The molecule has 3 aromatic rings. The molecular weight excluding hydrogens is 479 g/mol. The van der Waals surface area contributed by atoms with Crippen LogP contribution in [0.3, 0.4) is 0 Å². The SMILES string of the molecule is C=CCn1c(SCC(=O)Nc2ccc(Cl)c(Cl)c2)nnc1C(C)Oc1ccc(C(C)C)cc1. The molecule has 0 aliphatic heterocycles. The molecule has 0 spiro atoms. The molecule has 1 aromatic heterocycles. The first-order valence-corrected chi connectivity index (χ1v) is 12.2. The lowest BCUT2D eigenvalue weighted by Crippen LogP contribution is -2.15. The van der Waals surface area contributed by atoms with Crippen molar-refractivity contribution in [2.24, 2.45) is 0 Å². The monoisotopic (exact) mass is 504 g/mol. The van der Waals surface area contributed by atoms with E-state index in [1.807, 2.05) is 23.6 Å². The number of aromatic nitrogens is 3. The number of nitrogens with zero attached hydrogens (tertiary/aromatic N) is 3. The van der Waals surface area contributed by atoms with E-state index in [-0.39, 0.29) is 17.8 Å². The van der Waals surface area contributed by atoms with Crippen molar-refractivity contribution in [3.8, 4) is 5.75 Å². The third-order valence-corrected chi connectivity index (χ3v) is 6.52. The summed E-state index contributed by atoms with van der Waals surface area (Å²) in [5, 5.41) is 12.8. The van der Waals surface area contributed by atoms with Gasteiger partial charge in [0.2, 0.25) is 5.91 Å². The van der Waals surface area contributed by atoms with Crippen LogP contribution in [-0.4, -0.2) is 26.4 Å². The van der Waals surface area contributed by atoms with Gasteiger partial charge >= 0.3 is 0 Å². The van der Waals surface area contributed by atoms with Crippen LogP contribution < -0.4 is 10.1 Å². The van der Waals surface area contributed by atoms with E-state index >= 15 is 0 Å². The smallest absolute Gasteiger partial charge is 0.234 e. The fourth-order valence-corrected chi connectivity index (χ4v) is 4.15. The van der Waals surface area contributed by atoms with Crippen LogP contribution in [0.15, 0.2) is 60.3 Å². The maximum absolute atomic E-state index is 12.4. The molecule has 33 heavy (non-hydrogen) atoms. The van der Waals surface area contributed by atoms with Crippen LogP contribution in [-0.2, 0) is 11.3 Å². The summed E-state index contributed by atoms with van der Waals surface area (Å²) in [6.07, 6.45) is 1.43. The lowest BCUT2D eigenvalue weighted by Gasteiger charge is -2.16. The van der Waals surface area contributed by atoms with Crippen molar-refractivity contribution < 1.29 is 9.53 Å². The standard InChI is InChI=1S/C24H26Cl2N4O2S/c1-5-12-30-23(16(4)32-19-9-6-17(7-10-19)15(2)3)28-29-24(30)33-14-22(31)27-18-8-11-20(25)21(26)13-18/h5-11,13,15-16H,1,12,14H2,2-4H3,(H,27,31). The summed E-state index contributed by atoms with van der Waals surface area (Å²) >= 11 is 13.2. The first-order valence-electron chi connectivity index (χ1n) is 10.5. The number of amides is 1. The number of ether oxygens (including phenoxy) is 1. The molecule has 0 saturated carbocycles. The van der Waals surface area contributed by atoms with Crippen LogP contribution in [0.2, 0.25) is 10.0 Å². The van der Waals surface area contributed by atoms with Gasteiger partial charge < -0.3 is 10.1 Å². The van der Waals surface area contributed by atoms with Crippen molar-refractivity contribution in [1.82, 2.24) is 14.8 Å². The Morgan fingerprint density at radius 3 is 2.52 bits per heavy atom. The summed E-state index contributed by atoms with van der Waals surface area (Å²) in [5.41, 5.74) is 1.83. The van der Waals surface area contributed by atoms with Crippen LogP contribution >= 0.6 is 35.0 Å². The molecule has 2 aromatic carbocycles. The zero-order valence-corrected chi connectivity index (χ0v) is 21.0. The van der Waals surface area contributed by atoms with Crippen molar-refractivity contribution in [1.29, 1.82) is 0 Å². The zero-order valence-electron chi connectivity index (χ0n) is 18.7. The number of anilines is 1. The average molecular weight is 505 g/mol. The van der Waals surface area contributed by atoms with Crippen molar-refractivity contribution in [2.45, 2.75) is 44.5 Å². The number of allylic oxidation sites excluding steroid dienone is 1. The summed E-state index contributed by atoms with van der Waals surface area (Å²) in [4.78, 5) is 12.4. The summed E-state index contributed by atoms with van der Waals surface area (Å²) in [7, 11) is 0. The first kappa shape index (κ1) is 25.1. The molecule has 0 fully saturated rings. The first-order chi connectivity index (χ1) is 15.8. The Labute approximate surface area is 208 Å². The fraction of sp³-hybridized carbons (Fsp3) is 0.292. The Bertz CT molecular complexity index is 1120. The van der Waals surface area contributed by atoms with Gasteiger partial charge in [-0.1, -0.05) is 67.0 Å². The van der Waals surface area contributed by atoms with Gasteiger partial charge in [-0.3, -0.25) is 9.36 Å². The second kappa shape index (κ2) is 11.6. The zero-order chi connectivity index (χ0) is 24.0.